The standard InChI is InChI=1S/C56H37N/c1-3-13-40(14-4-1)52-35-45(33-34-54(52)57(47-17-5-2-6-18-47)55-37-46-16-8-9-19-48(46)50-21-11-12-22-51(50)55)39-25-23-38(24-26-39)44-32-29-42-28-31-43-30-27-41-15-7-10-20-49(41)56(43)53(42)36-44/h1-37H. The van der Waals surface area contributed by atoms with Crippen LogP contribution < -0.4 is 4.90 Å². The van der Waals surface area contributed by atoms with Crippen molar-refractivity contribution in [2.45, 2.75) is 0 Å². The van der Waals surface area contributed by atoms with Crippen molar-refractivity contribution in [2.75, 3.05) is 4.90 Å². The molecule has 0 aliphatic rings. The zero-order valence-corrected chi connectivity index (χ0v) is 31.3. The fraction of sp³-hybridized carbons (Fsp3) is 0. The van der Waals surface area contributed by atoms with Crippen LogP contribution in [0.25, 0.3) is 87.2 Å². The van der Waals surface area contributed by atoms with Gasteiger partial charge in [0.1, 0.15) is 0 Å². The molecule has 0 aliphatic carbocycles. The maximum absolute atomic E-state index is 2.44. The molecule has 1 nitrogen and oxygen atoms in total. The number of rotatable bonds is 6. The summed E-state index contributed by atoms with van der Waals surface area (Å²) in [5.41, 5.74) is 10.5. The first-order valence-electron chi connectivity index (χ1n) is 19.7. The van der Waals surface area contributed by atoms with Gasteiger partial charge in [-0.25, -0.2) is 0 Å². The van der Waals surface area contributed by atoms with Gasteiger partial charge in [0.05, 0.1) is 11.4 Å². The van der Waals surface area contributed by atoms with Crippen molar-refractivity contribution in [1.82, 2.24) is 0 Å². The molecular weight excluding hydrogens is 687 g/mol. The van der Waals surface area contributed by atoms with Crippen LogP contribution in [0.4, 0.5) is 17.1 Å². The van der Waals surface area contributed by atoms with Gasteiger partial charge in [0.15, 0.2) is 0 Å². The van der Waals surface area contributed by atoms with Crippen molar-refractivity contribution in [3.05, 3.63) is 224 Å². The molecule has 0 aliphatic heterocycles. The van der Waals surface area contributed by atoms with Gasteiger partial charge in [0.2, 0.25) is 0 Å². The van der Waals surface area contributed by atoms with Crippen LogP contribution in [0, 0.1) is 0 Å². The van der Waals surface area contributed by atoms with Gasteiger partial charge in [-0.05, 0) is 113 Å². The summed E-state index contributed by atoms with van der Waals surface area (Å²) in [4.78, 5) is 2.44. The fourth-order valence-electron chi connectivity index (χ4n) is 8.82. The Hall–Kier alpha value is -7.48. The summed E-state index contributed by atoms with van der Waals surface area (Å²) in [5.74, 6) is 0. The van der Waals surface area contributed by atoms with E-state index in [0.29, 0.717) is 0 Å². The lowest BCUT2D eigenvalue weighted by molar-refractivity contribution is 1.30. The van der Waals surface area contributed by atoms with E-state index >= 15 is 0 Å². The molecular formula is C56H37N. The number of benzene rings is 11. The average molecular weight is 724 g/mol. The zero-order valence-electron chi connectivity index (χ0n) is 31.3. The SMILES string of the molecule is c1ccc(-c2cc(-c3ccc(-c4ccc5ccc6ccc7ccccc7c6c5c4)cc3)ccc2N(c2ccccc2)c2cc3ccccc3c3ccccc23)cc1. The number of hydrogen-bond donors (Lipinski definition) is 0. The van der Waals surface area contributed by atoms with E-state index in [-0.39, 0.29) is 0 Å². The molecule has 0 atom stereocenters. The van der Waals surface area contributed by atoms with Crippen molar-refractivity contribution in [3.63, 3.8) is 0 Å². The molecule has 0 spiro atoms. The second-order valence-corrected chi connectivity index (χ2v) is 14.9. The monoisotopic (exact) mass is 723 g/mol. The van der Waals surface area contributed by atoms with Gasteiger partial charge in [0.25, 0.3) is 0 Å². The molecule has 0 heterocycles. The van der Waals surface area contributed by atoms with Crippen LogP contribution in [0.15, 0.2) is 224 Å². The predicted octanol–water partition coefficient (Wildman–Crippen LogP) is 15.9. The van der Waals surface area contributed by atoms with Crippen LogP contribution in [0.1, 0.15) is 0 Å². The third-order valence-electron chi connectivity index (χ3n) is 11.6. The Morgan fingerprint density at radius 2 is 0.754 bits per heavy atom. The molecule has 0 aromatic heterocycles. The molecule has 11 aromatic carbocycles. The van der Waals surface area contributed by atoms with Crippen LogP contribution in [0.5, 0.6) is 0 Å². The summed E-state index contributed by atoms with van der Waals surface area (Å²) in [5, 5.41) is 12.6. The van der Waals surface area contributed by atoms with Gasteiger partial charge >= 0.3 is 0 Å². The Balaban J connectivity index is 1.05. The van der Waals surface area contributed by atoms with E-state index in [4.69, 9.17) is 0 Å². The third-order valence-corrected chi connectivity index (χ3v) is 11.6. The maximum Gasteiger partial charge on any atom is 0.0546 e. The molecule has 0 fully saturated rings. The molecule has 0 saturated carbocycles. The normalized spacial score (nSPS) is 11.5. The second-order valence-electron chi connectivity index (χ2n) is 14.9. The predicted molar refractivity (Wildman–Crippen MR) is 245 cm³/mol. The highest BCUT2D eigenvalue weighted by Gasteiger charge is 2.21. The molecule has 1 heteroatoms. The van der Waals surface area contributed by atoms with E-state index in [1.54, 1.807) is 0 Å². The second kappa shape index (κ2) is 13.7. The summed E-state index contributed by atoms with van der Waals surface area (Å²) >= 11 is 0. The molecule has 0 unspecified atom stereocenters. The number of fused-ring (bicyclic) bond motifs is 8. The van der Waals surface area contributed by atoms with Crippen LogP contribution in [-0.4, -0.2) is 0 Å². The average Bonchev–Trinajstić information content (AvgIpc) is 3.29. The summed E-state index contributed by atoms with van der Waals surface area (Å²) in [6, 6.07) is 82.1. The van der Waals surface area contributed by atoms with Crippen molar-refractivity contribution in [3.8, 4) is 33.4 Å². The Bertz CT molecular complexity index is 3270. The minimum atomic E-state index is 1.11. The molecule has 0 amide bonds. The fourth-order valence-corrected chi connectivity index (χ4v) is 8.82. The molecule has 0 radical (unpaired) electrons. The maximum atomic E-state index is 2.44. The lowest BCUT2D eigenvalue weighted by atomic mass is 9.92. The van der Waals surface area contributed by atoms with Crippen LogP contribution in [-0.2, 0) is 0 Å². The minimum Gasteiger partial charge on any atom is -0.309 e. The topological polar surface area (TPSA) is 3.24 Å². The summed E-state index contributed by atoms with van der Waals surface area (Å²) in [6.07, 6.45) is 0. The largest absolute Gasteiger partial charge is 0.309 e. The summed E-state index contributed by atoms with van der Waals surface area (Å²) in [6.45, 7) is 0. The number of anilines is 3. The lowest BCUT2D eigenvalue weighted by Crippen LogP contribution is -2.12. The van der Waals surface area contributed by atoms with E-state index in [1.165, 1.54) is 87.2 Å². The Morgan fingerprint density at radius 3 is 1.49 bits per heavy atom. The van der Waals surface area contributed by atoms with Crippen molar-refractivity contribution >= 4 is 70.9 Å². The smallest absolute Gasteiger partial charge is 0.0546 e. The van der Waals surface area contributed by atoms with E-state index in [2.05, 4.69) is 229 Å². The van der Waals surface area contributed by atoms with Gasteiger partial charge in [-0.1, -0.05) is 188 Å². The van der Waals surface area contributed by atoms with Crippen LogP contribution >= 0.6 is 0 Å². The Labute approximate surface area is 332 Å². The van der Waals surface area contributed by atoms with Gasteiger partial charge < -0.3 is 4.90 Å². The highest BCUT2D eigenvalue weighted by atomic mass is 15.1. The third kappa shape index (κ3) is 5.72. The number of nitrogens with zero attached hydrogens (tertiary/aromatic N) is 1. The first-order valence-corrected chi connectivity index (χ1v) is 19.7. The number of hydrogen-bond acceptors (Lipinski definition) is 1. The van der Waals surface area contributed by atoms with Gasteiger partial charge in [-0.15, -0.1) is 0 Å². The molecule has 57 heavy (non-hydrogen) atoms. The number of para-hydroxylation sites is 1. The van der Waals surface area contributed by atoms with Gasteiger partial charge in [-0.2, -0.15) is 0 Å². The van der Waals surface area contributed by atoms with E-state index in [9.17, 15) is 0 Å². The van der Waals surface area contributed by atoms with Crippen molar-refractivity contribution < 1.29 is 0 Å². The molecule has 0 bridgehead atoms. The highest BCUT2D eigenvalue weighted by Crippen LogP contribution is 2.46. The molecule has 0 N–H and O–H groups in total. The zero-order chi connectivity index (χ0) is 37.7. The molecule has 11 aromatic rings. The molecule has 11 rings (SSSR count). The van der Waals surface area contributed by atoms with Gasteiger partial charge in [-0.3, -0.25) is 0 Å². The van der Waals surface area contributed by atoms with Gasteiger partial charge in [0, 0.05) is 16.6 Å². The Kier molecular flexibility index (Phi) is 7.89. The lowest BCUT2D eigenvalue weighted by Gasteiger charge is -2.30. The quantitative estimate of drug-likeness (QED) is 0.154. The summed E-state index contributed by atoms with van der Waals surface area (Å²) in [7, 11) is 0. The summed E-state index contributed by atoms with van der Waals surface area (Å²) < 4.78 is 0. The first-order chi connectivity index (χ1) is 28.3. The van der Waals surface area contributed by atoms with E-state index in [1.807, 2.05) is 0 Å². The molecule has 0 saturated heterocycles. The molecule has 266 valence electrons. The highest BCUT2D eigenvalue weighted by molar-refractivity contribution is 6.21. The van der Waals surface area contributed by atoms with Crippen molar-refractivity contribution in [1.29, 1.82) is 0 Å². The minimum absolute atomic E-state index is 1.11. The first kappa shape index (κ1) is 32.9. The Morgan fingerprint density at radius 1 is 0.246 bits per heavy atom. The van der Waals surface area contributed by atoms with Crippen LogP contribution in [0.3, 0.4) is 0 Å². The van der Waals surface area contributed by atoms with E-state index < -0.39 is 0 Å². The van der Waals surface area contributed by atoms with E-state index in [0.717, 1.165) is 17.1 Å². The van der Waals surface area contributed by atoms with Crippen molar-refractivity contribution in [2.24, 2.45) is 0 Å². The van der Waals surface area contributed by atoms with Crippen LogP contribution in [0.2, 0.25) is 0 Å².